The second-order valence-corrected chi connectivity index (χ2v) is 6.92. The molecule has 130 valence electrons. The van der Waals surface area contributed by atoms with Gasteiger partial charge in [-0.1, -0.05) is 13.3 Å². The van der Waals surface area contributed by atoms with Gasteiger partial charge in [0.05, 0.1) is 11.0 Å². The molecule has 1 saturated heterocycles. The molecule has 2 aliphatic rings. The van der Waals surface area contributed by atoms with Crippen LogP contribution < -0.4 is 14.8 Å². The van der Waals surface area contributed by atoms with Gasteiger partial charge >= 0.3 is 0 Å². The molecule has 1 aromatic carbocycles. The summed E-state index contributed by atoms with van der Waals surface area (Å²) < 4.78 is 14.0. The fraction of sp³-hybridized carbons (Fsp3) is 0.632. The second kappa shape index (κ2) is 7.01. The molecular weight excluding hydrogens is 302 g/mol. The summed E-state index contributed by atoms with van der Waals surface area (Å²) in [6, 6.07) is 4.19. The Morgan fingerprint density at radius 1 is 1.17 bits per heavy atom. The van der Waals surface area contributed by atoms with Gasteiger partial charge in [-0.3, -0.25) is 0 Å². The first kappa shape index (κ1) is 15.8. The van der Waals surface area contributed by atoms with E-state index in [4.69, 9.17) is 14.5 Å². The van der Waals surface area contributed by atoms with Crippen molar-refractivity contribution in [2.75, 3.05) is 26.3 Å². The zero-order chi connectivity index (χ0) is 16.4. The number of nitrogens with one attached hydrogen (secondary N) is 1. The van der Waals surface area contributed by atoms with E-state index in [9.17, 15) is 0 Å². The van der Waals surface area contributed by atoms with Crippen LogP contribution in [0.4, 0.5) is 0 Å². The maximum atomic E-state index is 5.79. The molecular formula is C19H27N3O2. The van der Waals surface area contributed by atoms with Crippen molar-refractivity contribution in [2.24, 2.45) is 5.92 Å². The van der Waals surface area contributed by atoms with Crippen LogP contribution in [-0.4, -0.2) is 35.9 Å². The zero-order valence-electron chi connectivity index (χ0n) is 14.5. The van der Waals surface area contributed by atoms with Crippen LogP contribution in [-0.2, 0) is 13.0 Å². The van der Waals surface area contributed by atoms with E-state index in [1.165, 1.54) is 37.0 Å². The molecule has 0 radical (unpaired) electrons. The molecule has 0 amide bonds. The molecule has 1 fully saturated rings. The fourth-order valence-electron chi connectivity index (χ4n) is 3.76. The van der Waals surface area contributed by atoms with Gasteiger partial charge in [0.15, 0.2) is 11.5 Å². The first-order valence-electron chi connectivity index (χ1n) is 9.34. The number of hydrogen-bond donors (Lipinski definition) is 1. The van der Waals surface area contributed by atoms with E-state index in [0.29, 0.717) is 13.2 Å². The van der Waals surface area contributed by atoms with Crippen molar-refractivity contribution in [3.05, 3.63) is 18.0 Å². The Kier molecular flexibility index (Phi) is 4.60. The van der Waals surface area contributed by atoms with Crippen LogP contribution in [0.2, 0.25) is 0 Å². The predicted octanol–water partition coefficient (Wildman–Crippen LogP) is 3.15. The molecule has 24 heavy (non-hydrogen) atoms. The summed E-state index contributed by atoms with van der Waals surface area (Å²) in [4.78, 5) is 4.94. The Bertz CT molecular complexity index is 704. The van der Waals surface area contributed by atoms with Crippen LogP contribution in [0.3, 0.4) is 0 Å². The standard InChI is InChI=1S/C19H27N3O2/c1-2-3-4-19-21-15-11-17-18(24-10-9-23-17)12-16(15)22(19)13-14-5-7-20-8-6-14/h11-12,14,20H,2-10,13H2,1H3. The zero-order valence-corrected chi connectivity index (χ0v) is 14.5. The molecule has 5 nitrogen and oxygen atoms in total. The number of aryl methyl sites for hydroxylation is 1. The Labute approximate surface area is 143 Å². The molecule has 0 bridgehead atoms. The van der Waals surface area contributed by atoms with Crippen LogP contribution in [0, 0.1) is 5.92 Å². The quantitative estimate of drug-likeness (QED) is 0.915. The summed E-state index contributed by atoms with van der Waals surface area (Å²) in [7, 11) is 0. The smallest absolute Gasteiger partial charge is 0.163 e. The number of rotatable bonds is 5. The molecule has 0 saturated carbocycles. The molecule has 0 unspecified atom stereocenters. The lowest BCUT2D eigenvalue weighted by molar-refractivity contribution is 0.172. The molecule has 0 spiro atoms. The summed E-state index contributed by atoms with van der Waals surface area (Å²) in [6.45, 7) is 6.82. The van der Waals surface area contributed by atoms with Gasteiger partial charge in [0, 0.05) is 25.1 Å². The fourth-order valence-corrected chi connectivity index (χ4v) is 3.76. The van der Waals surface area contributed by atoms with Gasteiger partial charge in [-0.15, -0.1) is 0 Å². The third-order valence-electron chi connectivity index (χ3n) is 5.14. The summed E-state index contributed by atoms with van der Waals surface area (Å²) in [5, 5.41) is 3.46. The normalized spacial score (nSPS) is 18.2. The average Bonchev–Trinajstić information content (AvgIpc) is 2.95. The molecule has 3 heterocycles. The molecule has 2 aliphatic heterocycles. The summed E-state index contributed by atoms with van der Waals surface area (Å²) in [5.74, 6) is 3.65. The third-order valence-corrected chi connectivity index (χ3v) is 5.14. The van der Waals surface area contributed by atoms with Crippen LogP contribution in [0.1, 0.15) is 38.4 Å². The number of nitrogens with zero attached hydrogens (tertiary/aromatic N) is 2. The minimum absolute atomic E-state index is 0.622. The molecule has 1 aromatic heterocycles. The lowest BCUT2D eigenvalue weighted by Crippen LogP contribution is -2.30. The Balaban J connectivity index is 1.71. The van der Waals surface area contributed by atoms with Gasteiger partial charge in [0.2, 0.25) is 0 Å². The van der Waals surface area contributed by atoms with Gasteiger partial charge in [0.25, 0.3) is 0 Å². The minimum atomic E-state index is 0.622. The van der Waals surface area contributed by atoms with Crippen molar-refractivity contribution in [2.45, 2.75) is 45.6 Å². The first-order chi connectivity index (χ1) is 11.8. The first-order valence-corrected chi connectivity index (χ1v) is 9.34. The van der Waals surface area contributed by atoms with Crippen molar-refractivity contribution in [1.29, 1.82) is 0 Å². The van der Waals surface area contributed by atoms with E-state index in [2.05, 4.69) is 28.9 Å². The van der Waals surface area contributed by atoms with Gasteiger partial charge < -0.3 is 19.4 Å². The van der Waals surface area contributed by atoms with Crippen molar-refractivity contribution >= 4 is 11.0 Å². The van der Waals surface area contributed by atoms with Crippen LogP contribution in [0.15, 0.2) is 12.1 Å². The van der Waals surface area contributed by atoms with Crippen molar-refractivity contribution in [1.82, 2.24) is 14.9 Å². The van der Waals surface area contributed by atoms with Gasteiger partial charge in [-0.2, -0.15) is 0 Å². The summed E-state index contributed by atoms with van der Waals surface area (Å²) in [5.41, 5.74) is 2.24. The number of unbranched alkanes of at least 4 members (excludes halogenated alkanes) is 1. The number of piperidine rings is 1. The lowest BCUT2D eigenvalue weighted by atomic mass is 9.98. The largest absolute Gasteiger partial charge is 0.486 e. The van der Waals surface area contributed by atoms with E-state index in [0.717, 1.165) is 49.0 Å². The highest BCUT2D eigenvalue weighted by Crippen LogP contribution is 2.35. The Morgan fingerprint density at radius 2 is 1.92 bits per heavy atom. The van der Waals surface area contributed by atoms with E-state index >= 15 is 0 Å². The highest BCUT2D eigenvalue weighted by molar-refractivity contribution is 5.80. The summed E-state index contributed by atoms with van der Waals surface area (Å²) >= 11 is 0. The summed E-state index contributed by atoms with van der Waals surface area (Å²) in [6.07, 6.45) is 5.92. The highest BCUT2D eigenvalue weighted by Gasteiger charge is 2.21. The van der Waals surface area contributed by atoms with Gasteiger partial charge in [0.1, 0.15) is 19.0 Å². The molecule has 0 atom stereocenters. The number of benzene rings is 1. The number of imidazole rings is 1. The number of ether oxygens (including phenoxy) is 2. The number of fused-ring (bicyclic) bond motifs is 2. The SMILES string of the molecule is CCCCc1nc2cc3c(cc2n1CC1CCNCC1)OCCO3. The van der Waals surface area contributed by atoms with E-state index in [-0.39, 0.29) is 0 Å². The minimum Gasteiger partial charge on any atom is -0.486 e. The topological polar surface area (TPSA) is 48.3 Å². The van der Waals surface area contributed by atoms with Crippen molar-refractivity contribution < 1.29 is 9.47 Å². The van der Waals surface area contributed by atoms with E-state index < -0.39 is 0 Å². The number of hydrogen-bond acceptors (Lipinski definition) is 4. The molecule has 2 aromatic rings. The van der Waals surface area contributed by atoms with Crippen LogP contribution >= 0.6 is 0 Å². The van der Waals surface area contributed by atoms with Gasteiger partial charge in [-0.05, 0) is 38.3 Å². The van der Waals surface area contributed by atoms with Crippen molar-refractivity contribution in [3.63, 3.8) is 0 Å². The Hall–Kier alpha value is -1.75. The maximum absolute atomic E-state index is 5.79. The second-order valence-electron chi connectivity index (χ2n) is 6.92. The maximum Gasteiger partial charge on any atom is 0.163 e. The third kappa shape index (κ3) is 3.09. The number of aromatic nitrogens is 2. The molecule has 1 N–H and O–H groups in total. The molecule has 0 aliphatic carbocycles. The van der Waals surface area contributed by atoms with Crippen LogP contribution in [0.5, 0.6) is 11.5 Å². The monoisotopic (exact) mass is 329 g/mol. The van der Waals surface area contributed by atoms with Crippen LogP contribution in [0.25, 0.3) is 11.0 Å². The lowest BCUT2D eigenvalue weighted by Gasteiger charge is -2.24. The molecule has 5 heteroatoms. The Morgan fingerprint density at radius 3 is 2.67 bits per heavy atom. The van der Waals surface area contributed by atoms with Crippen molar-refractivity contribution in [3.8, 4) is 11.5 Å². The molecule has 4 rings (SSSR count). The van der Waals surface area contributed by atoms with E-state index in [1.54, 1.807) is 0 Å². The van der Waals surface area contributed by atoms with Gasteiger partial charge in [-0.25, -0.2) is 4.98 Å². The van der Waals surface area contributed by atoms with E-state index in [1.807, 2.05) is 0 Å². The highest BCUT2D eigenvalue weighted by atomic mass is 16.6. The predicted molar refractivity (Wildman–Crippen MR) is 94.9 cm³/mol. The average molecular weight is 329 g/mol.